The van der Waals surface area contributed by atoms with Crippen molar-refractivity contribution in [1.82, 2.24) is 4.90 Å². The van der Waals surface area contributed by atoms with Crippen molar-refractivity contribution < 1.29 is 19.4 Å². The van der Waals surface area contributed by atoms with Gasteiger partial charge in [0.25, 0.3) is 0 Å². The van der Waals surface area contributed by atoms with Gasteiger partial charge in [0.15, 0.2) is 0 Å². The summed E-state index contributed by atoms with van der Waals surface area (Å²) in [5.74, 6) is -0.793. The van der Waals surface area contributed by atoms with Crippen molar-refractivity contribution in [1.29, 1.82) is 0 Å². The first-order valence-electron chi connectivity index (χ1n) is 6.33. The largest absolute Gasteiger partial charge is 0.480 e. The summed E-state index contributed by atoms with van der Waals surface area (Å²) >= 11 is 0. The second-order valence-corrected chi connectivity index (χ2v) is 4.81. The fourth-order valence-electron chi connectivity index (χ4n) is 2.98. The van der Waals surface area contributed by atoms with E-state index < -0.39 is 12.0 Å². The number of rotatable bonds is 4. The first-order chi connectivity index (χ1) is 8.24. The van der Waals surface area contributed by atoms with Crippen molar-refractivity contribution in [3.63, 3.8) is 0 Å². The Morgan fingerprint density at radius 3 is 3.00 bits per heavy atom. The lowest BCUT2D eigenvalue weighted by Crippen LogP contribution is -2.59. The molecule has 2 fully saturated rings. The summed E-state index contributed by atoms with van der Waals surface area (Å²) < 4.78 is 10.8. The van der Waals surface area contributed by atoms with Crippen LogP contribution >= 0.6 is 0 Å². The first kappa shape index (κ1) is 12.8. The minimum atomic E-state index is -0.793. The smallest absolute Gasteiger partial charge is 0.323 e. The van der Waals surface area contributed by atoms with Crippen LogP contribution in [0.15, 0.2) is 0 Å². The molecule has 98 valence electrons. The van der Waals surface area contributed by atoms with Gasteiger partial charge in [-0.2, -0.15) is 0 Å². The number of fused-ring (bicyclic) bond motifs is 1. The molecule has 2 rings (SSSR count). The molecule has 0 radical (unpaired) electrons. The first-order valence-corrected chi connectivity index (χ1v) is 6.33. The van der Waals surface area contributed by atoms with E-state index in [1.165, 1.54) is 12.8 Å². The number of morpholine rings is 1. The maximum absolute atomic E-state index is 11.3. The van der Waals surface area contributed by atoms with E-state index in [0.717, 1.165) is 12.8 Å². The van der Waals surface area contributed by atoms with Crippen molar-refractivity contribution >= 4 is 5.97 Å². The number of hydrogen-bond acceptors (Lipinski definition) is 4. The van der Waals surface area contributed by atoms with E-state index in [1.807, 2.05) is 0 Å². The van der Waals surface area contributed by atoms with Crippen LogP contribution in [0.2, 0.25) is 0 Å². The molecule has 1 N–H and O–H groups in total. The highest BCUT2D eigenvalue weighted by molar-refractivity contribution is 5.73. The van der Waals surface area contributed by atoms with Gasteiger partial charge in [-0.25, -0.2) is 0 Å². The summed E-state index contributed by atoms with van der Waals surface area (Å²) in [5, 5.41) is 9.28. The highest BCUT2D eigenvalue weighted by Gasteiger charge is 2.39. The van der Waals surface area contributed by atoms with E-state index in [4.69, 9.17) is 9.47 Å². The molecule has 1 aliphatic carbocycles. The van der Waals surface area contributed by atoms with E-state index in [0.29, 0.717) is 13.2 Å². The topological polar surface area (TPSA) is 59.0 Å². The molecule has 0 bridgehead atoms. The number of carbonyl (C=O) groups is 1. The third kappa shape index (κ3) is 2.78. The van der Waals surface area contributed by atoms with Crippen molar-refractivity contribution in [3.8, 4) is 0 Å². The molecule has 3 unspecified atom stereocenters. The zero-order valence-electron chi connectivity index (χ0n) is 10.3. The molecule has 0 aromatic rings. The fourth-order valence-corrected chi connectivity index (χ4v) is 2.98. The molecule has 1 saturated heterocycles. The number of methoxy groups -OCH3 is 1. The quantitative estimate of drug-likeness (QED) is 0.788. The summed E-state index contributed by atoms with van der Waals surface area (Å²) in [6.45, 7) is 1.58. The molecule has 5 heteroatoms. The number of aliphatic carboxylic acids is 1. The maximum Gasteiger partial charge on any atom is 0.323 e. The van der Waals surface area contributed by atoms with Crippen molar-refractivity contribution in [2.45, 2.75) is 43.9 Å². The van der Waals surface area contributed by atoms with Gasteiger partial charge in [-0.3, -0.25) is 9.69 Å². The SMILES string of the molecule is COCC(C(=O)O)N1CCOC2CCCCC21. The van der Waals surface area contributed by atoms with Crippen molar-refractivity contribution in [3.05, 3.63) is 0 Å². The van der Waals surface area contributed by atoms with Crippen LogP contribution in [0, 0.1) is 0 Å². The molecule has 3 atom stereocenters. The molecular formula is C12H21NO4. The monoisotopic (exact) mass is 243 g/mol. The van der Waals surface area contributed by atoms with E-state index in [9.17, 15) is 9.90 Å². The van der Waals surface area contributed by atoms with Crippen LogP contribution in [-0.4, -0.2) is 61.0 Å². The van der Waals surface area contributed by atoms with E-state index in [2.05, 4.69) is 4.90 Å². The van der Waals surface area contributed by atoms with Gasteiger partial charge in [0.1, 0.15) is 6.04 Å². The van der Waals surface area contributed by atoms with Crippen LogP contribution in [0.1, 0.15) is 25.7 Å². The molecule has 1 saturated carbocycles. The van der Waals surface area contributed by atoms with Crippen molar-refractivity contribution in [2.24, 2.45) is 0 Å². The van der Waals surface area contributed by atoms with Crippen molar-refractivity contribution in [2.75, 3.05) is 26.9 Å². The normalized spacial score (nSPS) is 31.8. The zero-order chi connectivity index (χ0) is 12.3. The van der Waals surface area contributed by atoms with Gasteiger partial charge in [0.05, 0.1) is 19.3 Å². The molecule has 0 aromatic carbocycles. The number of ether oxygens (including phenoxy) is 2. The van der Waals surface area contributed by atoms with E-state index >= 15 is 0 Å². The van der Waals surface area contributed by atoms with Gasteiger partial charge in [-0.1, -0.05) is 12.8 Å². The number of carboxylic acid groups (broad SMARTS) is 1. The van der Waals surface area contributed by atoms with Gasteiger partial charge in [0.2, 0.25) is 0 Å². The lowest BCUT2D eigenvalue weighted by atomic mass is 9.89. The second-order valence-electron chi connectivity index (χ2n) is 4.81. The lowest BCUT2D eigenvalue weighted by Gasteiger charge is -2.45. The number of hydrogen-bond donors (Lipinski definition) is 1. The average Bonchev–Trinajstić information content (AvgIpc) is 2.35. The van der Waals surface area contributed by atoms with Gasteiger partial charge in [0, 0.05) is 19.7 Å². The summed E-state index contributed by atoms with van der Waals surface area (Å²) in [6.07, 6.45) is 4.67. The number of nitrogens with zero attached hydrogens (tertiary/aromatic N) is 1. The lowest BCUT2D eigenvalue weighted by molar-refractivity contribution is -0.157. The standard InChI is InChI=1S/C12H21NO4/c1-16-8-10(12(14)15)13-6-7-17-11-5-3-2-4-9(11)13/h9-11H,2-8H2,1H3,(H,14,15). The van der Waals surface area contributed by atoms with E-state index in [-0.39, 0.29) is 18.8 Å². The Bertz CT molecular complexity index is 269. The van der Waals surface area contributed by atoms with Crippen LogP contribution in [0.25, 0.3) is 0 Å². The molecule has 1 aliphatic heterocycles. The molecule has 0 spiro atoms. The highest BCUT2D eigenvalue weighted by Crippen LogP contribution is 2.29. The van der Waals surface area contributed by atoms with Crippen LogP contribution < -0.4 is 0 Å². The predicted octanol–water partition coefficient (Wildman–Crippen LogP) is 0.729. The Hall–Kier alpha value is -0.650. The van der Waals surface area contributed by atoms with E-state index in [1.54, 1.807) is 7.11 Å². The van der Waals surface area contributed by atoms with Gasteiger partial charge < -0.3 is 14.6 Å². The zero-order valence-corrected chi connectivity index (χ0v) is 10.3. The molecule has 5 nitrogen and oxygen atoms in total. The minimum absolute atomic E-state index is 0.219. The predicted molar refractivity (Wildman–Crippen MR) is 62.0 cm³/mol. The molecule has 0 amide bonds. The molecular weight excluding hydrogens is 222 g/mol. The molecule has 2 aliphatic rings. The fraction of sp³-hybridized carbons (Fsp3) is 0.917. The Morgan fingerprint density at radius 2 is 2.29 bits per heavy atom. The molecule has 17 heavy (non-hydrogen) atoms. The highest BCUT2D eigenvalue weighted by atomic mass is 16.5. The third-order valence-corrected chi connectivity index (χ3v) is 3.79. The Labute approximate surface area is 102 Å². The maximum atomic E-state index is 11.3. The van der Waals surface area contributed by atoms with Crippen LogP contribution in [-0.2, 0) is 14.3 Å². The summed E-state index contributed by atoms with van der Waals surface area (Å²) in [7, 11) is 1.55. The summed E-state index contributed by atoms with van der Waals surface area (Å²) in [4.78, 5) is 13.4. The molecule has 1 heterocycles. The third-order valence-electron chi connectivity index (χ3n) is 3.79. The van der Waals surface area contributed by atoms with Gasteiger partial charge >= 0.3 is 5.97 Å². The Kier molecular flexibility index (Phi) is 4.36. The Morgan fingerprint density at radius 1 is 1.53 bits per heavy atom. The Balaban J connectivity index is 2.08. The summed E-state index contributed by atoms with van der Waals surface area (Å²) in [6, 6.07) is -0.275. The van der Waals surface area contributed by atoms with Gasteiger partial charge in [-0.05, 0) is 12.8 Å². The van der Waals surface area contributed by atoms with Crippen LogP contribution in [0.4, 0.5) is 0 Å². The van der Waals surface area contributed by atoms with Crippen LogP contribution in [0.3, 0.4) is 0 Å². The second kappa shape index (κ2) is 5.80. The average molecular weight is 243 g/mol. The van der Waals surface area contributed by atoms with Gasteiger partial charge in [-0.15, -0.1) is 0 Å². The number of carboxylic acids is 1. The minimum Gasteiger partial charge on any atom is -0.480 e. The summed E-state index contributed by atoms with van der Waals surface area (Å²) in [5.41, 5.74) is 0. The van der Waals surface area contributed by atoms with Crippen LogP contribution in [0.5, 0.6) is 0 Å². The molecule has 0 aromatic heterocycles.